The van der Waals surface area contributed by atoms with Crippen LogP contribution in [-0.4, -0.2) is 30.6 Å². The van der Waals surface area contributed by atoms with Gasteiger partial charge in [-0.25, -0.2) is 4.39 Å². The van der Waals surface area contributed by atoms with Crippen LogP contribution in [0.1, 0.15) is 25.0 Å². The first-order valence-electron chi connectivity index (χ1n) is 6.42. The maximum absolute atomic E-state index is 13.8. The predicted octanol–water partition coefficient (Wildman–Crippen LogP) is 2.60. The smallest absolute Gasteiger partial charge is 0.127 e. The molecule has 2 nitrogen and oxygen atoms in total. The Balaban J connectivity index is 0.00000162. The van der Waals surface area contributed by atoms with Gasteiger partial charge in [0.15, 0.2) is 0 Å². The first-order valence-corrected chi connectivity index (χ1v) is 6.42. The summed E-state index contributed by atoms with van der Waals surface area (Å²) in [5.41, 5.74) is 2.01. The molecule has 1 N–H and O–H groups in total. The first-order chi connectivity index (χ1) is 8.20. The molecule has 1 aromatic carbocycles. The maximum atomic E-state index is 13.8. The van der Waals surface area contributed by atoms with Gasteiger partial charge in [-0.2, -0.15) is 0 Å². The Hall–Kier alpha value is -0.640. The minimum absolute atomic E-state index is 0. The van der Waals surface area contributed by atoms with E-state index in [0.717, 1.165) is 43.7 Å². The van der Waals surface area contributed by atoms with Crippen molar-refractivity contribution in [3.8, 4) is 0 Å². The molecule has 0 spiro atoms. The molecule has 1 aromatic rings. The minimum atomic E-state index is -0.0597. The third kappa shape index (κ3) is 3.67. The molecule has 0 amide bonds. The molecule has 1 heterocycles. The molecule has 0 radical (unpaired) electrons. The fourth-order valence-electron chi connectivity index (χ4n) is 2.49. The van der Waals surface area contributed by atoms with Crippen LogP contribution in [0.15, 0.2) is 18.2 Å². The van der Waals surface area contributed by atoms with Gasteiger partial charge in [-0.05, 0) is 25.0 Å². The van der Waals surface area contributed by atoms with Gasteiger partial charge in [0.2, 0.25) is 0 Å². The lowest BCUT2D eigenvalue weighted by Crippen LogP contribution is -2.48. The monoisotopic (exact) mass is 272 g/mol. The lowest BCUT2D eigenvalue weighted by atomic mass is 10.0. The number of benzene rings is 1. The molecule has 1 fully saturated rings. The van der Waals surface area contributed by atoms with Crippen molar-refractivity contribution in [1.29, 1.82) is 0 Å². The highest BCUT2D eigenvalue weighted by atomic mass is 35.5. The van der Waals surface area contributed by atoms with Crippen LogP contribution < -0.4 is 5.32 Å². The van der Waals surface area contributed by atoms with Crippen LogP contribution in [0.2, 0.25) is 0 Å². The van der Waals surface area contributed by atoms with Crippen molar-refractivity contribution in [2.45, 2.75) is 32.9 Å². The summed E-state index contributed by atoms with van der Waals surface area (Å²) in [6.07, 6.45) is 0.898. The zero-order valence-electron chi connectivity index (χ0n) is 11.1. The summed E-state index contributed by atoms with van der Waals surface area (Å²) in [5, 5.41) is 3.41. The average molecular weight is 273 g/mol. The third-order valence-corrected chi connectivity index (χ3v) is 3.43. The van der Waals surface area contributed by atoms with Crippen LogP contribution >= 0.6 is 12.4 Å². The molecule has 0 aromatic heterocycles. The highest BCUT2D eigenvalue weighted by molar-refractivity contribution is 5.85. The van der Waals surface area contributed by atoms with Crippen molar-refractivity contribution >= 4 is 12.4 Å². The second-order valence-corrected chi connectivity index (χ2v) is 4.82. The minimum Gasteiger partial charge on any atom is -0.312 e. The Kier molecular flexibility index (Phi) is 6.06. The highest BCUT2D eigenvalue weighted by Gasteiger charge is 2.18. The number of aryl methyl sites for hydroxylation is 1. The Morgan fingerprint density at radius 3 is 2.89 bits per heavy atom. The van der Waals surface area contributed by atoms with E-state index in [1.54, 1.807) is 12.1 Å². The van der Waals surface area contributed by atoms with E-state index in [1.807, 2.05) is 6.07 Å². The molecule has 0 bridgehead atoms. The molecule has 18 heavy (non-hydrogen) atoms. The zero-order valence-corrected chi connectivity index (χ0v) is 11.9. The van der Waals surface area contributed by atoms with E-state index < -0.39 is 0 Å². The van der Waals surface area contributed by atoms with Crippen molar-refractivity contribution < 1.29 is 4.39 Å². The second-order valence-electron chi connectivity index (χ2n) is 4.82. The molecule has 102 valence electrons. The van der Waals surface area contributed by atoms with Crippen LogP contribution in [0.4, 0.5) is 4.39 Å². The number of piperazine rings is 1. The van der Waals surface area contributed by atoms with Crippen molar-refractivity contribution in [2.75, 3.05) is 19.6 Å². The molecular formula is C14H22ClFN2. The molecule has 0 saturated carbocycles. The van der Waals surface area contributed by atoms with Gasteiger partial charge >= 0.3 is 0 Å². The number of hydrogen-bond acceptors (Lipinski definition) is 2. The number of nitrogens with one attached hydrogen (secondary N) is 1. The second kappa shape index (κ2) is 7.07. The van der Waals surface area contributed by atoms with Crippen LogP contribution in [0, 0.1) is 5.82 Å². The molecule has 1 saturated heterocycles. The lowest BCUT2D eigenvalue weighted by Gasteiger charge is -2.32. The van der Waals surface area contributed by atoms with E-state index >= 15 is 0 Å². The molecular weight excluding hydrogens is 251 g/mol. The van der Waals surface area contributed by atoms with E-state index in [-0.39, 0.29) is 18.2 Å². The zero-order chi connectivity index (χ0) is 12.3. The van der Waals surface area contributed by atoms with Crippen LogP contribution in [0.5, 0.6) is 0 Å². The summed E-state index contributed by atoms with van der Waals surface area (Å²) < 4.78 is 13.8. The SMILES string of the molecule is CCc1cccc(F)c1CN1CCN[C@H](C)C1.Cl. The Bertz CT molecular complexity index is 384. The highest BCUT2D eigenvalue weighted by Crippen LogP contribution is 2.17. The summed E-state index contributed by atoms with van der Waals surface area (Å²) in [7, 11) is 0. The van der Waals surface area contributed by atoms with E-state index in [2.05, 4.69) is 24.1 Å². The fourth-order valence-corrected chi connectivity index (χ4v) is 2.49. The van der Waals surface area contributed by atoms with Crippen molar-refractivity contribution in [3.05, 3.63) is 35.1 Å². The van der Waals surface area contributed by atoms with Crippen molar-refractivity contribution in [1.82, 2.24) is 10.2 Å². The number of hydrogen-bond donors (Lipinski definition) is 1. The average Bonchev–Trinajstić information content (AvgIpc) is 2.32. The molecule has 1 aliphatic heterocycles. The van der Waals surface area contributed by atoms with Gasteiger partial charge in [0, 0.05) is 37.8 Å². The van der Waals surface area contributed by atoms with Gasteiger partial charge in [0.05, 0.1) is 0 Å². The van der Waals surface area contributed by atoms with Gasteiger partial charge in [-0.3, -0.25) is 4.90 Å². The standard InChI is InChI=1S/C14H21FN2.ClH/c1-3-12-5-4-6-14(15)13(12)10-17-8-7-16-11(2)9-17;/h4-6,11,16H,3,7-10H2,1-2H3;1H/t11-;/m1./s1. The number of rotatable bonds is 3. The van der Waals surface area contributed by atoms with Crippen LogP contribution in [0.25, 0.3) is 0 Å². The van der Waals surface area contributed by atoms with Gasteiger partial charge < -0.3 is 5.32 Å². The summed E-state index contributed by atoms with van der Waals surface area (Å²) in [6, 6.07) is 5.91. The van der Waals surface area contributed by atoms with Gasteiger partial charge in [-0.1, -0.05) is 19.1 Å². The summed E-state index contributed by atoms with van der Waals surface area (Å²) in [4.78, 5) is 2.33. The topological polar surface area (TPSA) is 15.3 Å². The van der Waals surface area contributed by atoms with E-state index in [0.29, 0.717) is 6.04 Å². The quantitative estimate of drug-likeness (QED) is 0.910. The Morgan fingerprint density at radius 2 is 2.22 bits per heavy atom. The van der Waals surface area contributed by atoms with Crippen LogP contribution in [-0.2, 0) is 13.0 Å². The number of halogens is 2. The third-order valence-electron chi connectivity index (χ3n) is 3.43. The fraction of sp³-hybridized carbons (Fsp3) is 0.571. The van der Waals surface area contributed by atoms with Gasteiger partial charge in [0.25, 0.3) is 0 Å². The molecule has 4 heteroatoms. The molecule has 2 rings (SSSR count). The van der Waals surface area contributed by atoms with Crippen molar-refractivity contribution in [2.24, 2.45) is 0 Å². The molecule has 0 aliphatic carbocycles. The molecule has 1 atom stereocenters. The maximum Gasteiger partial charge on any atom is 0.127 e. The van der Waals surface area contributed by atoms with Gasteiger partial charge in [0.1, 0.15) is 5.82 Å². The Morgan fingerprint density at radius 1 is 1.44 bits per heavy atom. The van der Waals surface area contributed by atoms with Gasteiger partial charge in [-0.15, -0.1) is 12.4 Å². The van der Waals surface area contributed by atoms with E-state index in [4.69, 9.17) is 0 Å². The Labute approximate surface area is 115 Å². The molecule has 0 unspecified atom stereocenters. The van der Waals surface area contributed by atoms with E-state index in [9.17, 15) is 4.39 Å². The number of nitrogens with zero attached hydrogens (tertiary/aromatic N) is 1. The lowest BCUT2D eigenvalue weighted by molar-refractivity contribution is 0.197. The predicted molar refractivity (Wildman–Crippen MR) is 75.8 cm³/mol. The van der Waals surface area contributed by atoms with Crippen LogP contribution in [0.3, 0.4) is 0 Å². The normalized spacial score (nSPS) is 20.5. The first kappa shape index (κ1) is 15.4. The summed E-state index contributed by atoms with van der Waals surface area (Å²) in [6.45, 7) is 7.99. The summed E-state index contributed by atoms with van der Waals surface area (Å²) in [5.74, 6) is -0.0597. The summed E-state index contributed by atoms with van der Waals surface area (Å²) >= 11 is 0. The molecule has 1 aliphatic rings. The van der Waals surface area contributed by atoms with E-state index in [1.165, 1.54) is 0 Å². The van der Waals surface area contributed by atoms with Crippen molar-refractivity contribution in [3.63, 3.8) is 0 Å². The largest absolute Gasteiger partial charge is 0.312 e.